The quantitative estimate of drug-likeness (QED) is 0.506. The third-order valence-electron chi connectivity index (χ3n) is 6.07. The summed E-state index contributed by atoms with van der Waals surface area (Å²) in [5, 5.41) is 2.82. The lowest BCUT2D eigenvalue weighted by molar-refractivity contribution is 0.0950. The van der Waals surface area contributed by atoms with E-state index < -0.39 is 15.8 Å². The molecule has 0 bridgehead atoms. The maximum atomic E-state index is 13.3. The van der Waals surface area contributed by atoms with Crippen molar-refractivity contribution in [3.63, 3.8) is 0 Å². The van der Waals surface area contributed by atoms with Crippen molar-refractivity contribution in [1.29, 1.82) is 0 Å². The molecule has 1 aromatic heterocycles. The number of piperidine rings is 1. The number of aryl methyl sites for hydroxylation is 1. The number of nitrogens with zero attached hydrogens (tertiary/aromatic N) is 2. The number of amides is 1. The molecule has 184 valence electrons. The third kappa shape index (κ3) is 5.86. The van der Waals surface area contributed by atoms with Gasteiger partial charge in [0.2, 0.25) is 15.9 Å². The molecular weight excluding hydrogens is 469 g/mol. The van der Waals surface area contributed by atoms with Crippen LogP contribution in [0.1, 0.15) is 47.7 Å². The lowest BCUT2D eigenvalue weighted by atomic mass is 10.1. The normalized spacial score (nSPS) is 16.6. The van der Waals surface area contributed by atoms with Crippen molar-refractivity contribution in [2.45, 2.75) is 50.6 Å². The Morgan fingerprint density at radius 1 is 1.17 bits per heavy atom. The fourth-order valence-electron chi connectivity index (χ4n) is 4.08. The molecule has 0 aliphatic carbocycles. The van der Waals surface area contributed by atoms with Gasteiger partial charge < -0.3 is 10.1 Å². The summed E-state index contributed by atoms with van der Waals surface area (Å²) in [4.78, 5) is 17.2. The van der Waals surface area contributed by atoms with Crippen molar-refractivity contribution < 1.29 is 22.3 Å². The molecule has 9 heteroatoms. The molecule has 1 fully saturated rings. The van der Waals surface area contributed by atoms with Crippen LogP contribution in [-0.4, -0.2) is 36.2 Å². The maximum absolute atomic E-state index is 13.3. The number of halogens is 1. The van der Waals surface area contributed by atoms with Crippen LogP contribution in [0, 0.1) is 12.7 Å². The summed E-state index contributed by atoms with van der Waals surface area (Å²) in [5.74, 6) is -0.139. The van der Waals surface area contributed by atoms with Gasteiger partial charge in [0, 0.05) is 43.0 Å². The fourth-order valence-corrected chi connectivity index (χ4v) is 5.80. The SMILES string of the molecule is Cc1ccc(S(=O)(=O)N2CCCCC2C)cc1C(=O)NCc1ccc(Oc2cccc(F)c2)nc1. The zero-order valence-corrected chi connectivity index (χ0v) is 20.5. The Hall–Kier alpha value is -3.30. The van der Waals surface area contributed by atoms with E-state index in [0.29, 0.717) is 29.3 Å². The van der Waals surface area contributed by atoms with E-state index in [2.05, 4.69) is 10.3 Å². The average Bonchev–Trinajstić information content (AvgIpc) is 2.84. The molecule has 1 aliphatic heterocycles. The van der Waals surface area contributed by atoms with Gasteiger partial charge in [-0.1, -0.05) is 24.6 Å². The van der Waals surface area contributed by atoms with E-state index in [-0.39, 0.29) is 23.4 Å². The van der Waals surface area contributed by atoms with Crippen LogP contribution < -0.4 is 10.1 Å². The summed E-state index contributed by atoms with van der Waals surface area (Å²) in [6, 6.07) is 13.7. The van der Waals surface area contributed by atoms with E-state index >= 15 is 0 Å². The summed E-state index contributed by atoms with van der Waals surface area (Å²) in [6.45, 7) is 4.38. The highest BCUT2D eigenvalue weighted by Crippen LogP contribution is 2.26. The molecule has 1 atom stereocenters. The van der Waals surface area contributed by atoms with Gasteiger partial charge in [-0.05, 0) is 62.1 Å². The molecule has 4 rings (SSSR count). The molecule has 7 nitrogen and oxygen atoms in total. The second kappa shape index (κ2) is 10.5. The topological polar surface area (TPSA) is 88.6 Å². The number of nitrogens with one attached hydrogen (secondary N) is 1. The van der Waals surface area contributed by atoms with Gasteiger partial charge in [0.25, 0.3) is 5.91 Å². The number of aromatic nitrogens is 1. The van der Waals surface area contributed by atoms with Gasteiger partial charge in [0.05, 0.1) is 4.90 Å². The molecule has 0 spiro atoms. The van der Waals surface area contributed by atoms with E-state index in [9.17, 15) is 17.6 Å². The summed E-state index contributed by atoms with van der Waals surface area (Å²) in [7, 11) is -3.68. The minimum Gasteiger partial charge on any atom is -0.439 e. The molecule has 1 N–H and O–H groups in total. The zero-order chi connectivity index (χ0) is 25.0. The maximum Gasteiger partial charge on any atom is 0.251 e. The number of rotatable bonds is 7. The van der Waals surface area contributed by atoms with Crippen molar-refractivity contribution in [3.05, 3.63) is 83.3 Å². The summed E-state index contributed by atoms with van der Waals surface area (Å²) in [5.41, 5.74) is 1.73. The Bertz CT molecular complexity index is 1310. The summed E-state index contributed by atoms with van der Waals surface area (Å²) in [6.07, 6.45) is 4.24. The third-order valence-corrected chi connectivity index (χ3v) is 8.08. The Labute approximate surface area is 205 Å². The highest BCUT2D eigenvalue weighted by atomic mass is 32.2. The molecule has 2 heterocycles. The van der Waals surface area contributed by atoms with E-state index in [0.717, 1.165) is 24.8 Å². The molecule has 1 saturated heterocycles. The van der Waals surface area contributed by atoms with Gasteiger partial charge >= 0.3 is 0 Å². The highest BCUT2D eigenvalue weighted by molar-refractivity contribution is 7.89. The number of ether oxygens (including phenoxy) is 1. The zero-order valence-electron chi connectivity index (χ0n) is 19.7. The highest BCUT2D eigenvalue weighted by Gasteiger charge is 2.31. The Kier molecular flexibility index (Phi) is 7.47. The monoisotopic (exact) mass is 497 g/mol. The van der Waals surface area contributed by atoms with Crippen LogP contribution in [0.5, 0.6) is 11.6 Å². The number of hydrogen-bond acceptors (Lipinski definition) is 5. The van der Waals surface area contributed by atoms with E-state index in [4.69, 9.17) is 4.74 Å². The van der Waals surface area contributed by atoms with E-state index in [1.165, 1.54) is 22.5 Å². The van der Waals surface area contributed by atoms with Crippen LogP contribution in [-0.2, 0) is 16.6 Å². The van der Waals surface area contributed by atoms with Crippen molar-refractivity contribution >= 4 is 15.9 Å². The van der Waals surface area contributed by atoms with Crippen molar-refractivity contribution in [2.24, 2.45) is 0 Å². The second-order valence-electron chi connectivity index (χ2n) is 8.68. The van der Waals surface area contributed by atoms with Gasteiger partial charge in [-0.15, -0.1) is 0 Å². The van der Waals surface area contributed by atoms with Crippen LogP contribution in [0.3, 0.4) is 0 Å². The number of pyridine rings is 1. The van der Waals surface area contributed by atoms with Gasteiger partial charge in [-0.3, -0.25) is 4.79 Å². The van der Waals surface area contributed by atoms with Crippen LogP contribution in [0.25, 0.3) is 0 Å². The first-order valence-corrected chi connectivity index (χ1v) is 13.0. The minimum absolute atomic E-state index is 0.0623. The van der Waals surface area contributed by atoms with Crippen molar-refractivity contribution in [2.75, 3.05) is 6.54 Å². The van der Waals surface area contributed by atoms with Crippen molar-refractivity contribution in [3.8, 4) is 11.6 Å². The Morgan fingerprint density at radius 2 is 2.00 bits per heavy atom. The molecule has 1 amide bonds. The van der Waals surface area contributed by atoms with Crippen LogP contribution in [0.2, 0.25) is 0 Å². The Morgan fingerprint density at radius 3 is 2.71 bits per heavy atom. The van der Waals surface area contributed by atoms with Crippen molar-refractivity contribution in [1.82, 2.24) is 14.6 Å². The molecular formula is C26H28FN3O4S. The number of sulfonamides is 1. The largest absolute Gasteiger partial charge is 0.439 e. The molecule has 0 saturated carbocycles. The van der Waals surface area contributed by atoms with E-state index in [1.54, 1.807) is 49.5 Å². The molecule has 1 aliphatic rings. The molecule has 3 aromatic rings. The standard InChI is InChI=1S/C26H28FN3O4S/c1-18-9-11-23(35(32,33)30-13-4-3-6-19(30)2)15-24(18)26(31)29-17-20-10-12-25(28-16-20)34-22-8-5-7-21(27)14-22/h5,7-12,14-16,19H,3-4,6,13,17H2,1-2H3,(H,29,31). The van der Waals surface area contributed by atoms with E-state index in [1.807, 2.05) is 6.92 Å². The molecule has 35 heavy (non-hydrogen) atoms. The lowest BCUT2D eigenvalue weighted by Crippen LogP contribution is -2.42. The smallest absolute Gasteiger partial charge is 0.251 e. The predicted octanol–water partition coefficient (Wildman–Crippen LogP) is 4.81. The number of hydrogen-bond donors (Lipinski definition) is 1. The number of carbonyl (C=O) groups is 1. The van der Waals surface area contributed by atoms with Crippen LogP contribution in [0.4, 0.5) is 4.39 Å². The first-order valence-electron chi connectivity index (χ1n) is 11.5. The predicted molar refractivity (Wildman–Crippen MR) is 130 cm³/mol. The summed E-state index contributed by atoms with van der Waals surface area (Å²) < 4.78 is 46.8. The number of carbonyl (C=O) groups excluding carboxylic acids is 1. The van der Waals surface area contributed by atoms with Gasteiger partial charge in [0.1, 0.15) is 11.6 Å². The van der Waals surface area contributed by atoms with Gasteiger partial charge in [-0.2, -0.15) is 4.31 Å². The molecule has 2 aromatic carbocycles. The Balaban J connectivity index is 1.42. The lowest BCUT2D eigenvalue weighted by Gasteiger charge is -2.32. The van der Waals surface area contributed by atoms with Crippen LogP contribution in [0.15, 0.2) is 65.7 Å². The van der Waals surface area contributed by atoms with Gasteiger partial charge in [-0.25, -0.2) is 17.8 Å². The minimum atomic E-state index is -3.68. The first kappa shape index (κ1) is 24.8. The molecule has 0 radical (unpaired) electrons. The van der Waals surface area contributed by atoms with Crippen LogP contribution >= 0.6 is 0 Å². The summed E-state index contributed by atoms with van der Waals surface area (Å²) >= 11 is 0. The number of benzene rings is 2. The average molecular weight is 498 g/mol. The fraction of sp³-hybridized carbons (Fsp3) is 0.308. The molecule has 1 unspecified atom stereocenters. The second-order valence-corrected chi connectivity index (χ2v) is 10.6. The first-order chi connectivity index (χ1) is 16.7. The van der Waals surface area contributed by atoms with Gasteiger partial charge in [0.15, 0.2) is 0 Å².